The van der Waals surface area contributed by atoms with E-state index in [1.54, 1.807) is 12.4 Å². The van der Waals surface area contributed by atoms with Gasteiger partial charge >= 0.3 is 0 Å². The van der Waals surface area contributed by atoms with Crippen molar-refractivity contribution in [3.8, 4) is 11.1 Å². The quantitative estimate of drug-likeness (QED) is 0.182. The molecule has 0 radical (unpaired) electrons. The van der Waals surface area contributed by atoms with Crippen molar-refractivity contribution in [1.29, 1.82) is 0 Å². The summed E-state index contributed by atoms with van der Waals surface area (Å²) in [6.45, 7) is 6.97. The number of carbonyl (C=O) groups excluding carboxylic acids is 1. The number of hydrogen-bond donors (Lipinski definition) is 2. The second-order valence-electron chi connectivity index (χ2n) is 13.0. The SMILES string of the molecule is CC1C(CN2CCN(c3ncccn3)CC2)OC(c2ccc(-c3cccc(CNC(=O)c4ccccc4)c3)cc2)OC1c1ccc(CO)cc1. The molecule has 4 aromatic carbocycles. The van der Waals surface area contributed by atoms with Gasteiger partial charge in [0.05, 0.1) is 18.8 Å². The van der Waals surface area contributed by atoms with Crippen molar-refractivity contribution in [2.75, 3.05) is 37.6 Å². The van der Waals surface area contributed by atoms with Gasteiger partial charge in [-0.25, -0.2) is 9.97 Å². The summed E-state index contributed by atoms with van der Waals surface area (Å²) in [7, 11) is 0. The van der Waals surface area contributed by atoms with E-state index < -0.39 is 6.29 Å². The van der Waals surface area contributed by atoms with E-state index in [9.17, 15) is 9.90 Å². The predicted octanol–water partition coefficient (Wildman–Crippen LogP) is 6.18. The van der Waals surface area contributed by atoms with Gasteiger partial charge in [-0.05, 0) is 52.1 Å². The van der Waals surface area contributed by atoms with Crippen LogP contribution >= 0.6 is 0 Å². The summed E-state index contributed by atoms with van der Waals surface area (Å²) in [5, 5.41) is 12.6. The molecule has 2 saturated heterocycles. The largest absolute Gasteiger partial charge is 0.392 e. The van der Waals surface area contributed by atoms with E-state index in [2.05, 4.69) is 80.5 Å². The Kier molecular flexibility index (Phi) is 10.6. The highest BCUT2D eigenvalue weighted by Crippen LogP contribution is 2.42. The van der Waals surface area contributed by atoms with Crippen molar-refractivity contribution in [3.63, 3.8) is 0 Å². The maximum absolute atomic E-state index is 12.6. The second kappa shape index (κ2) is 15.7. The fourth-order valence-corrected chi connectivity index (χ4v) is 6.74. The molecular formula is C41H43N5O4. The van der Waals surface area contributed by atoms with E-state index in [-0.39, 0.29) is 30.6 Å². The highest BCUT2D eigenvalue weighted by Gasteiger charge is 2.39. The lowest BCUT2D eigenvalue weighted by atomic mass is 9.89. The van der Waals surface area contributed by atoms with Crippen LogP contribution in [0.3, 0.4) is 0 Å². The monoisotopic (exact) mass is 669 g/mol. The van der Waals surface area contributed by atoms with Crippen molar-refractivity contribution < 1.29 is 19.4 Å². The summed E-state index contributed by atoms with van der Waals surface area (Å²) in [5.74, 6) is 0.789. The maximum Gasteiger partial charge on any atom is 0.251 e. The minimum atomic E-state index is -0.536. The van der Waals surface area contributed by atoms with Crippen LogP contribution < -0.4 is 10.2 Å². The number of amides is 1. The van der Waals surface area contributed by atoms with Crippen LogP contribution in [0.25, 0.3) is 11.1 Å². The Morgan fingerprint density at radius 2 is 1.50 bits per heavy atom. The molecule has 0 bridgehead atoms. The third-order valence-corrected chi connectivity index (χ3v) is 9.70. The highest BCUT2D eigenvalue weighted by molar-refractivity contribution is 5.94. The molecule has 7 rings (SSSR count). The van der Waals surface area contributed by atoms with Crippen LogP contribution in [0, 0.1) is 5.92 Å². The molecule has 4 atom stereocenters. The Hall–Kier alpha value is -4.93. The fourth-order valence-electron chi connectivity index (χ4n) is 6.74. The van der Waals surface area contributed by atoms with Crippen LogP contribution in [-0.2, 0) is 22.6 Å². The summed E-state index contributed by atoms with van der Waals surface area (Å²) in [6, 6.07) is 35.8. The Morgan fingerprint density at radius 3 is 2.22 bits per heavy atom. The predicted molar refractivity (Wildman–Crippen MR) is 193 cm³/mol. The third-order valence-electron chi connectivity index (χ3n) is 9.70. The molecular weight excluding hydrogens is 626 g/mol. The standard InChI is InChI=1S/C41H43N5O4/c1-29-37(27-45-21-23-46(24-22-45)41-42-19-6-20-43-41)49-40(50-38(29)33-13-11-30(28-47)12-14-33)35-17-15-32(16-18-35)36-10-5-7-31(25-36)26-44-39(48)34-8-3-2-4-9-34/h2-20,25,29,37-38,40,47H,21-24,26-28H2,1H3,(H,44,48). The smallest absolute Gasteiger partial charge is 0.251 e. The molecule has 0 saturated carbocycles. The first-order valence-electron chi connectivity index (χ1n) is 17.3. The van der Waals surface area contributed by atoms with Crippen LogP contribution in [0.5, 0.6) is 0 Å². The zero-order chi connectivity index (χ0) is 34.3. The van der Waals surface area contributed by atoms with Crippen molar-refractivity contribution in [1.82, 2.24) is 20.2 Å². The molecule has 5 aromatic rings. The number of benzene rings is 4. The highest BCUT2D eigenvalue weighted by atomic mass is 16.7. The Balaban J connectivity index is 1.05. The molecule has 2 N–H and O–H groups in total. The lowest BCUT2D eigenvalue weighted by Gasteiger charge is -2.44. The van der Waals surface area contributed by atoms with Crippen molar-refractivity contribution in [3.05, 3.63) is 149 Å². The molecule has 1 aromatic heterocycles. The molecule has 1 amide bonds. The molecule has 50 heavy (non-hydrogen) atoms. The zero-order valence-corrected chi connectivity index (χ0v) is 28.3. The average molecular weight is 670 g/mol. The number of nitrogens with one attached hydrogen (secondary N) is 1. The van der Waals surface area contributed by atoms with E-state index in [1.165, 1.54) is 0 Å². The van der Waals surface area contributed by atoms with Crippen molar-refractivity contribution >= 4 is 11.9 Å². The van der Waals surface area contributed by atoms with E-state index in [0.29, 0.717) is 12.1 Å². The lowest BCUT2D eigenvalue weighted by Crippen LogP contribution is -2.51. The number of anilines is 1. The second-order valence-corrected chi connectivity index (χ2v) is 13.0. The normalized spacial score (nSPS) is 21.1. The van der Waals surface area contributed by atoms with Crippen LogP contribution in [0.4, 0.5) is 5.95 Å². The van der Waals surface area contributed by atoms with Gasteiger partial charge in [0.2, 0.25) is 5.95 Å². The van der Waals surface area contributed by atoms with Gasteiger partial charge in [-0.15, -0.1) is 0 Å². The van der Waals surface area contributed by atoms with E-state index >= 15 is 0 Å². The van der Waals surface area contributed by atoms with Gasteiger partial charge in [-0.3, -0.25) is 9.69 Å². The van der Waals surface area contributed by atoms with E-state index in [4.69, 9.17) is 9.47 Å². The molecule has 0 aliphatic carbocycles. The third kappa shape index (κ3) is 7.93. The summed E-state index contributed by atoms with van der Waals surface area (Å²) in [6.07, 6.45) is 2.81. The average Bonchev–Trinajstić information content (AvgIpc) is 3.19. The van der Waals surface area contributed by atoms with Gasteiger partial charge in [0.1, 0.15) is 0 Å². The number of nitrogens with zero attached hydrogens (tertiary/aromatic N) is 4. The zero-order valence-electron chi connectivity index (χ0n) is 28.3. The molecule has 4 unspecified atom stereocenters. The summed E-state index contributed by atoms with van der Waals surface area (Å²) >= 11 is 0. The molecule has 0 spiro atoms. The minimum Gasteiger partial charge on any atom is -0.392 e. The summed E-state index contributed by atoms with van der Waals surface area (Å²) in [5.41, 5.74) is 6.72. The Labute approximate surface area is 293 Å². The molecule has 9 heteroatoms. The number of aromatic nitrogens is 2. The molecule has 9 nitrogen and oxygen atoms in total. The van der Waals surface area contributed by atoms with Gasteiger partial charge in [-0.2, -0.15) is 0 Å². The first-order valence-corrected chi connectivity index (χ1v) is 17.3. The number of aliphatic hydroxyl groups is 1. The fraction of sp³-hybridized carbons (Fsp3) is 0.293. The van der Waals surface area contributed by atoms with Crippen molar-refractivity contribution in [2.24, 2.45) is 5.92 Å². The summed E-state index contributed by atoms with van der Waals surface area (Å²) in [4.78, 5) is 26.1. The van der Waals surface area contributed by atoms with Gasteiger partial charge in [0.15, 0.2) is 6.29 Å². The first kappa shape index (κ1) is 33.6. The van der Waals surface area contributed by atoms with Gasteiger partial charge in [0, 0.05) is 68.7 Å². The minimum absolute atomic E-state index is 0.00724. The number of carbonyl (C=O) groups is 1. The molecule has 3 heterocycles. The number of piperazine rings is 1. The Bertz CT molecular complexity index is 1830. The van der Waals surface area contributed by atoms with Crippen LogP contribution in [-0.4, -0.2) is 64.7 Å². The Morgan fingerprint density at radius 1 is 0.780 bits per heavy atom. The number of rotatable bonds is 10. The van der Waals surface area contributed by atoms with Crippen LogP contribution in [0.15, 0.2) is 122 Å². The van der Waals surface area contributed by atoms with E-state index in [1.807, 2.05) is 60.7 Å². The van der Waals surface area contributed by atoms with Crippen molar-refractivity contribution in [2.45, 2.75) is 38.6 Å². The van der Waals surface area contributed by atoms with Gasteiger partial charge in [-0.1, -0.05) is 91.9 Å². The molecule has 2 aliphatic rings. The topological polar surface area (TPSA) is 100 Å². The van der Waals surface area contributed by atoms with Crippen LogP contribution in [0.2, 0.25) is 0 Å². The summed E-state index contributed by atoms with van der Waals surface area (Å²) < 4.78 is 13.5. The number of hydrogen-bond acceptors (Lipinski definition) is 8. The first-order chi connectivity index (χ1) is 24.5. The van der Waals surface area contributed by atoms with Crippen LogP contribution in [0.1, 0.15) is 51.9 Å². The maximum atomic E-state index is 12.6. The number of aliphatic hydroxyl groups excluding tert-OH is 1. The van der Waals surface area contributed by atoms with Gasteiger partial charge in [0.25, 0.3) is 5.91 Å². The van der Waals surface area contributed by atoms with E-state index in [0.717, 1.165) is 72.1 Å². The number of ether oxygens (including phenoxy) is 2. The van der Waals surface area contributed by atoms with Gasteiger partial charge < -0.3 is 24.8 Å². The molecule has 256 valence electrons. The lowest BCUT2D eigenvalue weighted by molar-refractivity contribution is -0.276. The molecule has 2 aliphatic heterocycles. The molecule has 2 fully saturated rings.